The molecule has 0 saturated heterocycles. The normalized spacial score (nSPS) is 16.1. The van der Waals surface area contributed by atoms with Crippen LogP contribution in [-0.2, 0) is 13.0 Å². The maximum atomic E-state index is 4.24. The average molecular weight is 194 g/mol. The van der Waals surface area contributed by atoms with E-state index in [9.17, 15) is 0 Å². The van der Waals surface area contributed by atoms with Gasteiger partial charge in [-0.05, 0) is 32.7 Å². The first kappa shape index (κ1) is 9.65. The maximum Gasteiger partial charge on any atom is 0.138 e. The van der Waals surface area contributed by atoms with Gasteiger partial charge in [0, 0.05) is 19.0 Å². The Bertz CT molecular complexity index is 277. The standard InChI is InChI=1S/C10H18N4/c1-2-14-10(12-8-13-14)4-3-7-11-9-5-6-9/h8-9,11H,2-7H2,1H3. The van der Waals surface area contributed by atoms with Crippen molar-refractivity contribution in [3.05, 3.63) is 12.2 Å². The minimum Gasteiger partial charge on any atom is -0.314 e. The molecule has 1 saturated carbocycles. The lowest BCUT2D eigenvalue weighted by molar-refractivity contribution is 0.581. The number of aromatic nitrogens is 3. The van der Waals surface area contributed by atoms with Crippen molar-refractivity contribution >= 4 is 0 Å². The molecule has 0 aliphatic heterocycles. The lowest BCUT2D eigenvalue weighted by atomic mass is 10.3. The van der Waals surface area contributed by atoms with E-state index in [1.165, 1.54) is 12.8 Å². The lowest BCUT2D eigenvalue weighted by Gasteiger charge is -2.03. The van der Waals surface area contributed by atoms with Crippen LogP contribution in [0.3, 0.4) is 0 Å². The molecule has 0 aromatic carbocycles. The SMILES string of the molecule is CCn1ncnc1CCCNC1CC1. The third kappa shape index (κ3) is 2.54. The van der Waals surface area contributed by atoms with Gasteiger partial charge in [-0.2, -0.15) is 5.10 Å². The predicted molar refractivity (Wildman–Crippen MR) is 55.0 cm³/mol. The van der Waals surface area contributed by atoms with Crippen molar-refractivity contribution in [3.63, 3.8) is 0 Å². The monoisotopic (exact) mass is 194 g/mol. The fourth-order valence-electron chi connectivity index (χ4n) is 1.59. The summed E-state index contributed by atoms with van der Waals surface area (Å²) in [6.07, 6.45) is 6.58. The third-order valence-corrected chi connectivity index (χ3v) is 2.58. The molecule has 0 amide bonds. The van der Waals surface area contributed by atoms with Gasteiger partial charge in [-0.1, -0.05) is 0 Å². The molecule has 1 aromatic heterocycles. The number of nitrogens with zero attached hydrogens (tertiary/aromatic N) is 3. The molecule has 1 aromatic rings. The van der Waals surface area contributed by atoms with E-state index in [2.05, 4.69) is 22.3 Å². The second-order valence-corrected chi connectivity index (χ2v) is 3.82. The van der Waals surface area contributed by atoms with Gasteiger partial charge in [0.15, 0.2) is 0 Å². The Morgan fingerprint density at radius 1 is 1.57 bits per heavy atom. The summed E-state index contributed by atoms with van der Waals surface area (Å²) < 4.78 is 1.97. The Morgan fingerprint density at radius 3 is 3.14 bits per heavy atom. The van der Waals surface area contributed by atoms with Gasteiger partial charge in [0.25, 0.3) is 0 Å². The number of hydrogen-bond acceptors (Lipinski definition) is 3. The summed E-state index contributed by atoms with van der Waals surface area (Å²) in [7, 11) is 0. The van der Waals surface area contributed by atoms with Crippen molar-refractivity contribution in [1.82, 2.24) is 20.1 Å². The van der Waals surface area contributed by atoms with Crippen molar-refractivity contribution in [2.45, 2.75) is 45.2 Å². The molecule has 1 aliphatic rings. The van der Waals surface area contributed by atoms with Crippen LogP contribution >= 0.6 is 0 Å². The Morgan fingerprint density at radius 2 is 2.43 bits per heavy atom. The minimum atomic E-state index is 0.819. The second-order valence-electron chi connectivity index (χ2n) is 3.82. The zero-order valence-corrected chi connectivity index (χ0v) is 8.74. The minimum absolute atomic E-state index is 0.819. The Labute approximate surface area is 84.7 Å². The lowest BCUT2D eigenvalue weighted by Crippen LogP contribution is -2.18. The average Bonchev–Trinajstić information content (AvgIpc) is 2.91. The first-order valence-corrected chi connectivity index (χ1v) is 5.50. The van der Waals surface area contributed by atoms with E-state index in [1.54, 1.807) is 6.33 Å². The second kappa shape index (κ2) is 4.55. The van der Waals surface area contributed by atoms with Gasteiger partial charge in [-0.3, -0.25) is 4.68 Å². The van der Waals surface area contributed by atoms with Gasteiger partial charge in [-0.25, -0.2) is 4.98 Å². The highest BCUT2D eigenvalue weighted by Crippen LogP contribution is 2.18. The van der Waals surface area contributed by atoms with Crippen LogP contribution in [-0.4, -0.2) is 27.4 Å². The number of hydrogen-bond donors (Lipinski definition) is 1. The van der Waals surface area contributed by atoms with E-state index in [1.807, 2.05) is 4.68 Å². The van der Waals surface area contributed by atoms with E-state index in [-0.39, 0.29) is 0 Å². The molecule has 0 bridgehead atoms. The quantitative estimate of drug-likeness (QED) is 0.686. The van der Waals surface area contributed by atoms with E-state index in [4.69, 9.17) is 0 Å². The van der Waals surface area contributed by atoms with Crippen LogP contribution in [0.4, 0.5) is 0 Å². The van der Waals surface area contributed by atoms with Gasteiger partial charge >= 0.3 is 0 Å². The van der Waals surface area contributed by atoms with Crippen LogP contribution in [0.2, 0.25) is 0 Å². The molecule has 2 rings (SSSR count). The Kier molecular flexibility index (Phi) is 3.14. The highest BCUT2D eigenvalue weighted by Gasteiger charge is 2.19. The van der Waals surface area contributed by atoms with Gasteiger partial charge in [-0.15, -0.1) is 0 Å². The van der Waals surface area contributed by atoms with E-state index in [0.29, 0.717) is 0 Å². The molecule has 1 fully saturated rings. The van der Waals surface area contributed by atoms with Crippen LogP contribution in [0.15, 0.2) is 6.33 Å². The molecule has 1 aliphatic carbocycles. The topological polar surface area (TPSA) is 42.7 Å². The first-order chi connectivity index (χ1) is 6.90. The Balaban J connectivity index is 1.68. The Hall–Kier alpha value is -0.900. The zero-order valence-electron chi connectivity index (χ0n) is 8.74. The summed E-state index contributed by atoms with van der Waals surface area (Å²) in [5, 5.41) is 7.65. The fourth-order valence-corrected chi connectivity index (χ4v) is 1.59. The van der Waals surface area contributed by atoms with Gasteiger partial charge < -0.3 is 5.32 Å². The summed E-state index contributed by atoms with van der Waals surface area (Å²) >= 11 is 0. The van der Waals surface area contributed by atoms with Crippen molar-refractivity contribution in [3.8, 4) is 0 Å². The summed E-state index contributed by atoms with van der Waals surface area (Å²) in [6, 6.07) is 0.819. The number of aryl methyl sites for hydroxylation is 2. The van der Waals surface area contributed by atoms with Gasteiger partial charge in [0.2, 0.25) is 0 Å². The van der Waals surface area contributed by atoms with Crippen LogP contribution in [0, 0.1) is 0 Å². The molecular weight excluding hydrogens is 176 g/mol. The molecule has 0 spiro atoms. The molecule has 0 unspecified atom stereocenters. The van der Waals surface area contributed by atoms with Gasteiger partial charge in [0.1, 0.15) is 12.2 Å². The predicted octanol–water partition coefficient (Wildman–Crippen LogP) is 0.983. The molecule has 1 N–H and O–H groups in total. The van der Waals surface area contributed by atoms with E-state index in [0.717, 1.165) is 37.8 Å². The summed E-state index contributed by atoms with van der Waals surface area (Å²) in [4.78, 5) is 4.24. The van der Waals surface area contributed by atoms with Crippen molar-refractivity contribution in [2.75, 3.05) is 6.54 Å². The van der Waals surface area contributed by atoms with Crippen LogP contribution in [0.5, 0.6) is 0 Å². The number of nitrogens with one attached hydrogen (secondary N) is 1. The smallest absolute Gasteiger partial charge is 0.138 e. The molecular formula is C10H18N4. The molecule has 0 atom stereocenters. The highest BCUT2D eigenvalue weighted by molar-refractivity contribution is 4.85. The van der Waals surface area contributed by atoms with Gasteiger partial charge in [0.05, 0.1) is 0 Å². The molecule has 4 heteroatoms. The van der Waals surface area contributed by atoms with E-state index < -0.39 is 0 Å². The summed E-state index contributed by atoms with van der Waals surface area (Å²) in [6.45, 7) is 4.13. The molecule has 1 heterocycles. The zero-order chi connectivity index (χ0) is 9.80. The van der Waals surface area contributed by atoms with Crippen molar-refractivity contribution in [2.24, 2.45) is 0 Å². The molecule has 78 valence electrons. The molecule has 4 nitrogen and oxygen atoms in total. The van der Waals surface area contributed by atoms with Crippen LogP contribution < -0.4 is 5.32 Å². The van der Waals surface area contributed by atoms with Crippen molar-refractivity contribution in [1.29, 1.82) is 0 Å². The largest absolute Gasteiger partial charge is 0.314 e. The maximum absolute atomic E-state index is 4.24. The first-order valence-electron chi connectivity index (χ1n) is 5.50. The highest BCUT2D eigenvalue weighted by atomic mass is 15.3. The van der Waals surface area contributed by atoms with E-state index >= 15 is 0 Å². The van der Waals surface area contributed by atoms with Crippen LogP contribution in [0.25, 0.3) is 0 Å². The van der Waals surface area contributed by atoms with Crippen LogP contribution in [0.1, 0.15) is 32.0 Å². The summed E-state index contributed by atoms with van der Waals surface area (Å²) in [5.41, 5.74) is 0. The number of rotatable bonds is 6. The fraction of sp³-hybridized carbons (Fsp3) is 0.800. The molecule has 0 radical (unpaired) electrons. The third-order valence-electron chi connectivity index (χ3n) is 2.58. The van der Waals surface area contributed by atoms with Crippen molar-refractivity contribution < 1.29 is 0 Å². The molecule has 14 heavy (non-hydrogen) atoms. The summed E-state index contributed by atoms with van der Waals surface area (Å²) in [5.74, 6) is 1.12.